The Morgan fingerprint density at radius 3 is 2.40 bits per heavy atom. The number of ether oxygens (including phenoxy) is 2. The molecular weight excluding hydrogens is 250 g/mol. The molecule has 3 heteroatoms. The van der Waals surface area contributed by atoms with Crippen LogP contribution < -0.4 is 14.8 Å². The van der Waals surface area contributed by atoms with Crippen LogP contribution in [0.3, 0.4) is 0 Å². The van der Waals surface area contributed by atoms with E-state index in [2.05, 4.69) is 24.4 Å². The SMILES string of the molecule is C.CC.COc1ccc(C2C=C(C)CCN2)c(OC)c1. The first-order valence-electron chi connectivity index (χ1n) is 6.87. The molecule has 1 aromatic carbocycles. The molecule has 0 spiro atoms. The summed E-state index contributed by atoms with van der Waals surface area (Å²) < 4.78 is 10.6. The molecular formula is C17H29NO2. The van der Waals surface area contributed by atoms with Gasteiger partial charge in [0.25, 0.3) is 0 Å². The average Bonchev–Trinajstić information content (AvgIpc) is 2.48. The lowest BCUT2D eigenvalue weighted by Crippen LogP contribution is -2.25. The average molecular weight is 279 g/mol. The molecule has 3 nitrogen and oxygen atoms in total. The lowest BCUT2D eigenvalue weighted by atomic mass is 9.98. The smallest absolute Gasteiger partial charge is 0.127 e. The van der Waals surface area contributed by atoms with Crippen LogP contribution in [0, 0.1) is 0 Å². The van der Waals surface area contributed by atoms with Crippen molar-refractivity contribution >= 4 is 0 Å². The highest BCUT2D eigenvalue weighted by Crippen LogP contribution is 2.32. The fourth-order valence-electron chi connectivity index (χ4n) is 2.13. The van der Waals surface area contributed by atoms with Crippen LogP contribution in [-0.4, -0.2) is 20.8 Å². The van der Waals surface area contributed by atoms with Gasteiger partial charge in [0.2, 0.25) is 0 Å². The van der Waals surface area contributed by atoms with Gasteiger partial charge in [0.1, 0.15) is 11.5 Å². The number of benzene rings is 1. The second-order valence-corrected chi connectivity index (χ2v) is 4.30. The maximum atomic E-state index is 5.43. The van der Waals surface area contributed by atoms with Crippen molar-refractivity contribution in [2.24, 2.45) is 0 Å². The molecule has 1 atom stereocenters. The van der Waals surface area contributed by atoms with E-state index in [9.17, 15) is 0 Å². The van der Waals surface area contributed by atoms with Crippen LogP contribution >= 0.6 is 0 Å². The molecule has 1 aliphatic heterocycles. The molecule has 2 rings (SSSR count). The molecule has 0 saturated carbocycles. The molecule has 0 saturated heterocycles. The first-order chi connectivity index (χ1) is 9.24. The van der Waals surface area contributed by atoms with Crippen molar-refractivity contribution in [3.8, 4) is 11.5 Å². The van der Waals surface area contributed by atoms with Crippen molar-refractivity contribution in [3.05, 3.63) is 35.4 Å². The Hall–Kier alpha value is -1.48. The molecule has 1 aromatic rings. The van der Waals surface area contributed by atoms with E-state index in [1.54, 1.807) is 14.2 Å². The lowest BCUT2D eigenvalue weighted by Gasteiger charge is -2.23. The zero-order valence-corrected chi connectivity index (χ0v) is 12.6. The third-order valence-electron chi connectivity index (χ3n) is 3.11. The second kappa shape index (κ2) is 9.43. The van der Waals surface area contributed by atoms with Gasteiger partial charge in [0.05, 0.1) is 20.3 Å². The van der Waals surface area contributed by atoms with Crippen LogP contribution in [0.25, 0.3) is 0 Å². The standard InChI is InChI=1S/C14H19NO2.C2H6.CH4/c1-10-6-7-15-13(8-10)12-5-4-11(16-2)9-14(12)17-3;1-2;/h4-5,8-9,13,15H,6-7H2,1-3H3;1-2H3;1H4. The number of methoxy groups -OCH3 is 2. The molecule has 0 fully saturated rings. The van der Waals surface area contributed by atoms with Gasteiger partial charge in [-0.1, -0.05) is 32.9 Å². The molecule has 0 bridgehead atoms. The normalized spacial score (nSPS) is 17.1. The van der Waals surface area contributed by atoms with E-state index >= 15 is 0 Å². The summed E-state index contributed by atoms with van der Waals surface area (Å²) in [7, 11) is 3.36. The van der Waals surface area contributed by atoms with Gasteiger partial charge in [-0.05, 0) is 32.0 Å². The zero-order chi connectivity index (χ0) is 14.3. The van der Waals surface area contributed by atoms with Gasteiger partial charge in [-0.3, -0.25) is 0 Å². The van der Waals surface area contributed by atoms with Gasteiger partial charge in [0.15, 0.2) is 0 Å². The summed E-state index contributed by atoms with van der Waals surface area (Å²) in [5.41, 5.74) is 2.58. The predicted molar refractivity (Wildman–Crippen MR) is 86.7 cm³/mol. The van der Waals surface area contributed by atoms with Crippen LogP contribution in [0.15, 0.2) is 29.8 Å². The number of nitrogens with one attached hydrogen (secondary N) is 1. The molecule has 1 aliphatic rings. The van der Waals surface area contributed by atoms with Crippen LogP contribution in [0.2, 0.25) is 0 Å². The maximum absolute atomic E-state index is 5.43. The van der Waals surface area contributed by atoms with Gasteiger partial charge in [-0.2, -0.15) is 0 Å². The third kappa shape index (κ3) is 4.57. The molecule has 1 unspecified atom stereocenters. The third-order valence-corrected chi connectivity index (χ3v) is 3.11. The minimum absolute atomic E-state index is 0. The highest BCUT2D eigenvalue weighted by Gasteiger charge is 2.17. The predicted octanol–water partition coefficient (Wildman–Crippen LogP) is 4.35. The molecule has 20 heavy (non-hydrogen) atoms. The number of hydrogen-bond donors (Lipinski definition) is 1. The first kappa shape index (κ1) is 18.5. The van der Waals surface area contributed by atoms with Gasteiger partial charge < -0.3 is 14.8 Å². The van der Waals surface area contributed by atoms with Crippen LogP contribution in [-0.2, 0) is 0 Å². The molecule has 1 heterocycles. The van der Waals surface area contributed by atoms with Crippen LogP contribution in [0.4, 0.5) is 0 Å². The quantitative estimate of drug-likeness (QED) is 0.835. The van der Waals surface area contributed by atoms with E-state index in [1.165, 1.54) is 5.57 Å². The Kier molecular flexibility index (Phi) is 8.73. The Morgan fingerprint density at radius 1 is 1.15 bits per heavy atom. The Balaban J connectivity index is 0.00000115. The fraction of sp³-hybridized carbons (Fsp3) is 0.529. The number of hydrogen-bond acceptors (Lipinski definition) is 3. The monoisotopic (exact) mass is 279 g/mol. The Bertz CT molecular complexity index is 427. The van der Waals surface area contributed by atoms with E-state index in [1.807, 2.05) is 26.0 Å². The van der Waals surface area contributed by atoms with E-state index < -0.39 is 0 Å². The summed E-state index contributed by atoms with van der Waals surface area (Å²) >= 11 is 0. The minimum Gasteiger partial charge on any atom is -0.497 e. The molecule has 114 valence electrons. The van der Waals surface area contributed by atoms with Crippen molar-refractivity contribution in [3.63, 3.8) is 0 Å². The van der Waals surface area contributed by atoms with Gasteiger partial charge >= 0.3 is 0 Å². The van der Waals surface area contributed by atoms with Crippen molar-refractivity contribution < 1.29 is 9.47 Å². The van der Waals surface area contributed by atoms with E-state index in [-0.39, 0.29) is 13.5 Å². The van der Waals surface area contributed by atoms with Crippen molar-refractivity contribution in [1.29, 1.82) is 0 Å². The topological polar surface area (TPSA) is 30.5 Å². The highest BCUT2D eigenvalue weighted by molar-refractivity contribution is 5.44. The van der Waals surface area contributed by atoms with Crippen molar-refractivity contribution in [2.75, 3.05) is 20.8 Å². The summed E-state index contributed by atoms with van der Waals surface area (Å²) in [5.74, 6) is 1.69. The highest BCUT2D eigenvalue weighted by atomic mass is 16.5. The summed E-state index contributed by atoms with van der Waals surface area (Å²) in [6, 6.07) is 6.20. The van der Waals surface area contributed by atoms with Gasteiger partial charge in [-0.25, -0.2) is 0 Å². The summed E-state index contributed by atoms with van der Waals surface area (Å²) in [5, 5.41) is 3.48. The van der Waals surface area contributed by atoms with Crippen LogP contribution in [0.1, 0.15) is 46.2 Å². The zero-order valence-electron chi connectivity index (χ0n) is 12.6. The Morgan fingerprint density at radius 2 is 1.85 bits per heavy atom. The molecule has 0 aromatic heterocycles. The number of rotatable bonds is 3. The van der Waals surface area contributed by atoms with E-state index in [0.717, 1.165) is 30.0 Å². The largest absolute Gasteiger partial charge is 0.497 e. The first-order valence-corrected chi connectivity index (χ1v) is 6.87. The van der Waals surface area contributed by atoms with Crippen molar-refractivity contribution in [2.45, 2.75) is 40.7 Å². The summed E-state index contributed by atoms with van der Waals surface area (Å²) in [6.45, 7) is 7.19. The second-order valence-electron chi connectivity index (χ2n) is 4.30. The summed E-state index contributed by atoms with van der Waals surface area (Å²) in [4.78, 5) is 0. The molecule has 0 amide bonds. The maximum Gasteiger partial charge on any atom is 0.127 e. The molecule has 0 aliphatic carbocycles. The minimum atomic E-state index is 0. The lowest BCUT2D eigenvalue weighted by molar-refractivity contribution is 0.387. The molecule has 1 N–H and O–H groups in total. The summed E-state index contributed by atoms with van der Waals surface area (Å²) in [6.07, 6.45) is 3.38. The van der Waals surface area contributed by atoms with Gasteiger partial charge in [-0.15, -0.1) is 0 Å². The van der Waals surface area contributed by atoms with E-state index in [4.69, 9.17) is 9.47 Å². The van der Waals surface area contributed by atoms with Gasteiger partial charge in [0, 0.05) is 11.6 Å². The van der Waals surface area contributed by atoms with Crippen LogP contribution in [0.5, 0.6) is 11.5 Å². The molecule has 0 radical (unpaired) electrons. The Labute approximate surface area is 124 Å². The van der Waals surface area contributed by atoms with Crippen molar-refractivity contribution in [1.82, 2.24) is 5.32 Å². The fourth-order valence-corrected chi connectivity index (χ4v) is 2.13. The van der Waals surface area contributed by atoms with E-state index in [0.29, 0.717) is 0 Å².